The summed E-state index contributed by atoms with van der Waals surface area (Å²) in [6.07, 6.45) is 5.38. The molecule has 0 saturated carbocycles. The number of fused-ring (bicyclic) bond motifs is 2. The minimum Gasteiger partial charge on any atom is -0.497 e. The number of carbonyl (C=O) groups is 1. The molecule has 5 aromatic rings. The lowest BCUT2D eigenvalue weighted by Gasteiger charge is -2.07. The molecule has 0 saturated heterocycles. The molecule has 2 aromatic heterocycles. The number of rotatable bonds is 7. The first-order valence-corrected chi connectivity index (χ1v) is 10.9. The van der Waals surface area contributed by atoms with Crippen LogP contribution in [0.5, 0.6) is 11.5 Å². The molecule has 0 radical (unpaired) electrons. The first kappa shape index (κ1) is 21.3. The molecular formula is C27H24N4O3. The number of ether oxygens (including phenoxy) is 2. The third kappa shape index (κ3) is 4.11. The predicted molar refractivity (Wildman–Crippen MR) is 134 cm³/mol. The molecule has 0 unspecified atom stereocenters. The van der Waals surface area contributed by atoms with E-state index in [9.17, 15) is 4.79 Å². The second kappa shape index (κ2) is 9.15. The number of aromatic amines is 1. The van der Waals surface area contributed by atoms with Crippen LogP contribution in [-0.4, -0.2) is 35.9 Å². The van der Waals surface area contributed by atoms with Gasteiger partial charge in [-0.05, 0) is 42.0 Å². The Morgan fingerprint density at radius 3 is 2.56 bits per heavy atom. The summed E-state index contributed by atoms with van der Waals surface area (Å²) in [5.41, 5.74) is 7.17. The summed E-state index contributed by atoms with van der Waals surface area (Å²) in [6, 6.07) is 21.6. The Hall–Kier alpha value is -4.52. The van der Waals surface area contributed by atoms with Crippen molar-refractivity contribution >= 4 is 33.9 Å². The zero-order valence-electron chi connectivity index (χ0n) is 18.9. The number of para-hydroxylation sites is 1. The predicted octanol–water partition coefficient (Wildman–Crippen LogP) is 4.95. The van der Waals surface area contributed by atoms with Crippen molar-refractivity contribution in [2.24, 2.45) is 5.10 Å². The molecular weight excluding hydrogens is 428 g/mol. The third-order valence-electron chi connectivity index (χ3n) is 5.83. The van der Waals surface area contributed by atoms with Gasteiger partial charge in [-0.2, -0.15) is 5.10 Å². The Labute approximate surface area is 196 Å². The Balaban J connectivity index is 1.42. The molecule has 5 rings (SSSR count). The molecule has 0 aliphatic carbocycles. The number of aromatic nitrogens is 2. The van der Waals surface area contributed by atoms with Crippen LogP contribution in [0.2, 0.25) is 0 Å². The molecule has 1 amide bonds. The number of carbonyl (C=O) groups excluding carboxylic acids is 1. The normalized spacial score (nSPS) is 11.4. The van der Waals surface area contributed by atoms with Crippen LogP contribution in [0, 0.1) is 0 Å². The molecule has 0 aliphatic heterocycles. The number of hydrogen-bond acceptors (Lipinski definition) is 4. The average Bonchev–Trinajstić information content (AvgIpc) is 3.46. The summed E-state index contributed by atoms with van der Waals surface area (Å²) in [6.45, 7) is 0.683. The smallest absolute Gasteiger partial charge is 0.273 e. The molecule has 0 fully saturated rings. The molecule has 3 aromatic carbocycles. The lowest BCUT2D eigenvalue weighted by molar-refractivity contribution is 0.0957. The van der Waals surface area contributed by atoms with Gasteiger partial charge in [-0.3, -0.25) is 4.79 Å². The van der Waals surface area contributed by atoms with Crippen LogP contribution in [0.1, 0.15) is 21.5 Å². The van der Waals surface area contributed by atoms with Crippen LogP contribution in [-0.2, 0) is 6.54 Å². The average molecular weight is 453 g/mol. The summed E-state index contributed by atoms with van der Waals surface area (Å²) in [7, 11) is 3.30. The number of hydrogen-bond donors (Lipinski definition) is 2. The van der Waals surface area contributed by atoms with Gasteiger partial charge in [0.15, 0.2) is 0 Å². The molecule has 2 heterocycles. The number of nitrogens with zero attached hydrogens (tertiary/aromatic N) is 2. The summed E-state index contributed by atoms with van der Waals surface area (Å²) in [5, 5.41) is 6.09. The van der Waals surface area contributed by atoms with E-state index in [4.69, 9.17) is 9.47 Å². The fraction of sp³-hybridized carbons (Fsp3) is 0.111. The van der Waals surface area contributed by atoms with E-state index in [0.717, 1.165) is 44.4 Å². The summed E-state index contributed by atoms with van der Waals surface area (Å²) in [4.78, 5) is 15.8. The minimum absolute atomic E-state index is 0.270. The number of methoxy groups -OCH3 is 2. The summed E-state index contributed by atoms with van der Waals surface area (Å²) >= 11 is 0. The Morgan fingerprint density at radius 2 is 1.76 bits per heavy atom. The van der Waals surface area contributed by atoms with Crippen LogP contribution in [0.15, 0.2) is 84.2 Å². The SMILES string of the molecule is COc1ccc(Cn2cc(/C=N\NC(=O)c3c[nH]c4ccccc34)c3cc(OC)ccc32)cc1. The van der Waals surface area contributed by atoms with Gasteiger partial charge in [0.25, 0.3) is 5.91 Å². The maximum Gasteiger partial charge on any atom is 0.273 e. The largest absolute Gasteiger partial charge is 0.497 e. The van der Waals surface area contributed by atoms with Crippen molar-refractivity contribution in [3.05, 3.63) is 95.8 Å². The Bertz CT molecular complexity index is 1500. The van der Waals surface area contributed by atoms with Crippen molar-refractivity contribution in [3.63, 3.8) is 0 Å². The third-order valence-corrected chi connectivity index (χ3v) is 5.83. The number of H-pyrrole nitrogens is 1. The van der Waals surface area contributed by atoms with E-state index in [1.54, 1.807) is 26.6 Å². The van der Waals surface area contributed by atoms with E-state index in [-0.39, 0.29) is 5.91 Å². The van der Waals surface area contributed by atoms with Gasteiger partial charge in [-0.25, -0.2) is 5.43 Å². The fourth-order valence-corrected chi connectivity index (χ4v) is 4.07. The van der Waals surface area contributed by atoms with E-state index in [1.165, 1.54) is 0 Å². The second-order valence-corrected chi connectivity index (χ2v) is 7.89. The van der Waals surface area contributed by atoms with Crippen molar-refractivity contribution in [1.82, 2.24) is 15.0 Å². The molecule has 170 valence electrons. The maximum atomic E-state index is 12.7. The van der Waals surface area contributed by atoms with Gasteiger partial charge in [0.05, 0.1) is 26.0 Å². The van der Waals surface area contributed by atoms with Gasteiger partial charge in [-0.15, -0.1) is 0 Å². The van der Waals surface area contributed by atoms with Crippen molar-refractivity contribution in [3.8, 4) is 11.5 Å². The van der Waals surface area contributed by atoms with Crippen LogP contribution in [0.25, 0.3) is 21.8 Å². The van der Waals surface area contributed by atoms with Gasteiger partial charge < -0.3 is 19.0 Å². The van der Waals surface area contributed by atoms with Crippen LogP contribution < -0.4 is 14.9 Å². The number of amides is 1. The van der Waals surface area contributed by atoms with Crippen molar-refractivity contribution in [2.75, 3.05) is 14.2 Å². The van der Waals surface area contributed by atoms with Gasteiger partial charge in [0.2, 0.25) is 0 Å². The molecule has 7 heteroatoms. The standard InChI is InChI=1S/C27H24N4O3/c1-33-20-9-7-18(8-10-20)16-31-17-19(23-13-21(34-2)11-12-26(23)31)14-29-30-27(32)24-15-28-25-6-4-3-5-22(24)25/h3-15,17,28H,16H2,1-2H3,(H,30,32)/b29-14-. The number of benzene rings is 3. The number of hydrazone groups is 1. The maximum absolute atomic E-state index is 12.7. The van der Waals surface area contributed by atoms with Gasteiger partial charge in [-0.1, -0.05) is 30.3 Å². The lowest BCUT2D eigenvalue weighted by Crippen LogP contribution is -2.17. The lowest BCUT2D eigenvalue weighted by atomic mass is 10.1. The van der Waals surface area contributed by atoms with E-state index in [1.807, 2.05) is 72.9 Å². The molecule has 0 bridgehead atoms. The quantitative estimate of drug-likeness (QED) is 0.271. The Morgan fingerprint density at radius 1 is 1.00 bits per heavy atom. The zero-order valence-corrected chi connectivity index (χ0v) is 18.9. The van der Waals surface area contributed by atoms with Crippen molar-refractivity contribution < 1.29 is 14.3 Å². The summed E-state index contributed by atoms with van der Waals surface area (Å²) in [5.74, 6) is 1.31. The van der Waals surface area contributed by atoms with Crippen LogP contribution in [0.3, 0.4) is 0 Å². The fourth-order valence-electron chi connectivity index (χ4n) is 4.07. The van der Waals surface area contributed by atoms with Crippen molar-refractivity contribution in [1.29, 1.82) is 0 Å². The highest BCUT2D eigenvalue weighted by Gasteiger charge is 2.12. The highest BCUT2D eigenvalue weighted by atomic mass is 16.5. The van der Waals surface area contributed by atoms with Crippen LogP contribution in [0.4, 0.5) is 0 Å². The molecule has 34 heavy (non-hydrogen) atoms. The van der Waals surface area contributed by atoms with Crippen molar-refractivity contribution in [2.45, 2.75) is 6.54 Å². The molecule has 7 nitrogen and oxygen atoms in total. The first-order valence-electron chi connectivity index (χ1n) is 10.9. The van der Waals surface area contributed by atoms with E-state index in [2.05, 4.69) is 20.1 Å². The van der Waals surface area contributed by atoms with E-state index < -0.39 is 0 Å². The summed E-state index contributed by atoms with van der Waals surface area (Å²) < 4.78 is 12.8. The monoisotopic (exact) mass is 452 g/mol. The number of nitrogens with one attached hydrogen (secondary N) is 2. The molecule has 0 aliphatic rings. The minimum atomic E-state index is -0.270. The highest BCUT2D eigenvalue weighted by molar-refractivity contribution is 6.07. The van der Waals surface area contributed by atoms with Crippen LogP contribution >= 0.6 is 0 Å². The first-order chi connectivity index (χ1) is 16.7. The Kier molecular flexibility index (Phi) is 5.74. The molecule has 0 atom stereocenters. The second-order valence-electron chi connectivity index (χ2n) is 7.89. The zero-order chi connectivity index (χ0) is 23.5. The molecule has 0 spiro atoms. The molecule has 2 N–H and O–H groups in total. The van der Waals surface area contributed by atoms with Gasteiger partial charge in [0.1, 0.15) is 11.5 Å². The highest BCUT2D eigenvalue weighted by Crippen LogP contribution is 2.26. The van der Waals surface area contributed by atoms with Gasteiger partial charge in [0, 0.05) is 46.3 Å². The van der Waals surface area contributed by atoms with E-state index >= 15 is 0 Å². The topological polar surface area (TPSA) is 80.6 Å². The van der Waals surface area contributed by atoms with E-state index in [0.29, 0.717) is 12.1 Å². The van der Waals surface area contributed by atoms with Gasteiger partial charge >= 0.3 is 0 Å².